The van der Waals surface area contributed by atoms with Gasteiger partial charge in [-0.3, -0.25) is 4.90 Å². The first-order valence-corrected chi connectivity index (χ1v) is 17.7. The van der Waals surface area contributed by atoms with Crippen LogP contribution in [0.4, 0.5) is 23.4 Å². The second-order valence-electron chi connectivity index (χ2n) is 11.6. The minimum absolute atomic E-state index is 0.000485. The van der Waals surface area contributed by atoms with Crippen LogP contribution < -0.4 is 0 Å². The first-order chi connectivity index (χ1) is 22.7. The molecule has 2 aliphatic heterocycles. The number of halogens is 4. The highest BCUT2D eigenvalue weighted by molar-refractivity contribution is 8.27. The second kappa shape index (κ2) is 14.5. The van der Waals surface area contributed by atoms with Crippen molar-refractivity contribution in [2.75, 3.05) is 26.2 Å². The largest absolute Gasteiger partial charge is 0.463 e. The highest BCUT2D eigenvalue weighted by Crippen LogP contribution is 2.37. The number of cyclic esters (lactones) is 1. The lowest BCUT2D eigenvalue weighted by Gasteiger charge is -2.46. The number of allylic oxidation sites excluding steroid dienone is 1. The topological polar surface area (TPSA) is 110 Å². The summed E-state index contributed by atoms with van der Waals surface area (Å²) in [6.07, 6.45) is 1.43. The molecule has 0 amide bonds. The molecule has 0 saturated carbocycles. The van der Waals surface area contributed by atoms with E-state index in [1.165, 1.54) is 22.5 Å². The molecule has 2 aromatic heterocycles. The minimum Gasteiger partial charge on any atom is -0.463 e. The van der Waals surface area contributed by atoms with Crippen LogP contribution in [0.3, 0.4) is 0 Å². The number of benzene rings is 1. The molecule has 2 fully saturated rings. The normalized spacial score (nSPS) is 21.5. The SMILES string of the molecule is CC=C(SC(=Nc1ccc(C(F)(F)F)cn1)C(C)CC)S(=O)(=O)N1CCN2C(COC(=O)C2c2cncn2C(C)c2ccc(F)cc2)C1. The standard InChI is InChI=1S/C32H36F4N6O4S2/c1-5-20(3)30(39-27-12-9-23(15-38-27)32(34,35)36)47-28(6-2)48(44,45)40-13-14-41-25(17-40)18-46-31(43)29(41)26-16-37-19-42(26)21(4)22-7-10-24(33)11-8-22/h6-12,15-16,19-21,25,29H,5,13-14,17-18H2,1-4H3. The van der Waals surface area contributed by atoms with Gasteiger partial charge in [0.15, 0.2) is 11.9 Å². The van der Waals surface area contributed by atoms with E-state index in [1.807, 2.05) is 30.2 Å². The predicted octanol–water partition coefficient (Wildman–Crippen LogP) is 6.33. The molecule has 2 saturated heterocycles. The van der Waals surface area contributed by atoms with Gasteiger partial charge < -0.3 is 9.30 Å². The van der Waals surface area contributed by atoms with E-state index < -0.39 is 39.8 Å². The first-order valence-electron chi connectivity index (χ1n) is 15.4. The number of nitrogens with zero attached hydrogens (tertiary/aromatic N) is 6. The quantitative estimate of drug-likeness (QED) is 0.110. The highest BCUT2D eigenvalue weighted by Gasteiger charge is 2.46. The van der Waals surface area contributed by atoms with Crippen molar-refractivity contribution in [2.45, 2.75) is 58.4 Å². The van der Waals surface area contributed by atoms with Crippen molar-refractivity contribution in [3.8, 4) is 0 Å². The summed E-state index contributed by atoms with van der Waals surface area (Å²) < 4.78 is 89.5. The fourth-order valence-corrected chi connectivity index (χ4v) is 8.68. The number of aliphatic imine (C=N–C) groups is 1. The monoisotopic (exact) mass is 708 g/mol. The average Bonchev–Trinajstić information content (AvgIpc) is 3.55. The van der Waals surface area contributed by atoms with Gasteiger partial charge in [-0.2, -0.15) is 17.5 Å². The van der Waals surface area contributed by atoms with E-state index in [1.54, 1.807) is 31.6 Å². The molecule has 0 N–H and O–H groups in total. The molecule has 4 heterocycles. The number of carbonyl (C=O) groups is 1. The molecule has 258 valence electrons. The maximum atomic E-state index is 14.0. The molecule has 1 aromatic carbocycles. The van der Waals surface area contributed by atoms with Crippen molar-refractivity contribution in [2.24, 2.45) is 10.9 Å². The van der Waals surface area contributed by atoms with Gasteiger partial charge in [0.1, 0.15) is 16.7 Å². The number of fused-ring (bicyclic) bond motifs is 1. The van der Waals surface area contributed by atoms with Crippen molar-refractivity contribution in [3.63, 3.8) is 0 Å². The van der Waals surface area contributed by atoms with Crippen molar-refractivity contribution in [3.05, 3.63) is 88.1 Å². The number of morpholine rings is 1. The smallest absolute Gasteiger partial charge is 0.417 e. The van der Waals surface area contributed by atoms with Gasteiger partial charge in [0, 0.05) is 31.7 Å². The van der Waals surface area contributed by atoms with Crippen molar-refractivity contribution in [1.29, 1.82) is 0 Å². The number of imidazole rings is 1. The number of sulfonamides is 1. The zero-order valence-electron chi connectivity index (χ0n) is 26.8. The predicted molar refractivity (Wildman–Crippen MR) is 174 cm³/mol. The summed E-state index contributed by atoms with van der Waals surface area (Å²) in [5.74, 6) is -0.994. The van der Waals surface area contributed by atoms with Crippen molar-refractivity contribution in [1.82, 2.24) is 23.7 Å². The van der Waals surface area contributed by atoms with Crippen LogP contribution in [0.5, 0.6) is 0 Å². The van der Waals surface area contributed by atoms with Gasteiger partial charge in [-0.15, -0.1) is 0 Å². The Bertz CT molecular complexity index is 1780. The van der Waals surface area contributed by atoms with Gasteiger partial charge in [-0.05, 0) is 50.1 Å². The number of rotatable bonds is 9. The fraction of sp³-hybridized carbons (Fsp3) is 0.438. The van der Waals surface area contributed by atoms with Crippen LogP contribution >= 0.6 is 11.8 Å². The fourth-order valence-electron chi connectivity index (χ4n) is 5.61. The Hall–Kier alpha value is -3.60. The molecule has 0 radical (unpaired) electrons. The van der Waals surface area contributed by atoms with Crippen molar-refractivity contribution >= 4 is 38.6 Å². The number of esters is 1. The molecule has 4 unspecified atom stereocenters. The van der Waals surface area contributed by atoms with E-state index in [-0.39, 0.29) is 54.1 Å². The number of carbonyl (C=O) groups excluding carboxylic acids is 1. The van der Waals surface area contributed by atoms with E-state index in [0.29, 0.717) is 23.4 Å². The highest BCUT2D eigenvalue weighted by atomic mass is 32.3. The molecule has 0 bridgehead atoms. The summed E-state index contributed by atoms with van der Waals surface area (Å²) in [7, 11) is -4.03. The summed E-state index contributed by atoms with van der Waals surface area (Å²) in [6.45, 7) is 7.66. The Kier molecular flexibility index (Phi) is 10.8. The zero-order chi connectivity index (χ0) is 34.8. The van der Waals surface area contributed by atoms with Gasteiger partial charge in [0.2, 0.25) is 10.0 Å². The Morgan fingerprint density at radius 1 is 1.15 bits per heavy atom. The van der Waals surface area contributed by atoms with E-state index in [4.69, 9.17) is 4.74 Å². The van der Waals surface area contributed by atoms with Gasteiger partial charge in [-0.1, -0.05) is 43.8 Å². The minimum atomic E-state index is -4.54. The Morgan fingerprint density at radius 2 is 1.88 bits per heavy atom. The Balaban J connectivity index is 1.35. The Morgan fingerprint density at radius 3 is 2.50 bits per heavy atom. The van der Waals surface area contributed by atoms with Gasteiger partial charge in [0.25, 0.3) is 0 Å². The summed E-state index contributed by atoms with van der Waals surface area (Å²) in [5.41, 5.74) is 0.490. The third-order valence-electron chi connectivity index (χ3n) is 8.58. The van der Waals surface area contributed by atoms with E-state index in [9.17, 15) is 30.8 Å². The van der Waals surface area contributed by atoms with Crippen LogP contribution in [-0.2, 0) is 25.7 Å². The molecular weight excluding hydrogens is 673 g/mol. The summed E-state index contributed by atoms with van der Waals surface area (Å²) in [4.78, 5) is 27.7. The zero-order valence-corrected chi connectivity index (χ0v) is 28.4. The number of pyridine rings is 1. The van der Waals surface area contributed by atoms with Gasteiger partial charge >= 0.3 is 12.1 Å². The van der Waals surface area contributed by atoms with E-state index >= 15 is 0 Å². The van der Waals surface area contributed by atoms with Gasteiger partial charge in [-0.25, -0.2) is 32.6 Å². The number of hydrogen-bond donors (Lipinski definition) is 0. The Labute approximate surface area is 281 Å². The maximum Gasteiger partial charge on any atom is 0.417 e. The second-order valence-corrected chi connectivity index (χ2v) is 14.8. The molecule has 3 aromatic rings. The third kappa shape index (κ3) is 7.51. The number of hydrogen-bond acceptors (Lipinski definition) is 9. The van der Waals surface area contributed by atoms with Crippen LogP contribution in [0.25, 0.3) is 0 Å². The summed E-state index contributed by atoms with van der Waals surface area (Å²) in [5, 5.41) is 0.398. The number of piperazine rings is 1. The molecular formula is C32H36F4N6O4S2. The molecule has 0 aliphatic carbocycles. The van der Waals surface area contributed by atoms with Gasteiger partial charge in [0.05, 0.1) is 40.9 Å². The lowest BCUT2D eigenvalue weighted by atomic mass is 10.0. The molecule has 4 atom stereocenters. The molecule has 5 rings (SSSR count). The lowest BCUT2D eigenvalue weighted by molar-refractivity contribution is -0.166. The number of ether oxygens (including phenoxy) is 1. The van der Waals surface area contributed by atoms with E-state index in [0.717, 1.165) is 29.5 Å². The van der Waals surface area contributed by atoms with Crippen molar-refractivity contribution < 1.29 is 35.5 Å². The maximum absolute atomic E-state index is 14.0. The first kappa shape index (κ1) is 35.7. The molecule has 0 spiro atoms. The van der Waals surface area contributed by atoms with Crippen LogP contribution in [0, 0.1) is 11.7 Å². The summed E-state index contributed by atoms with van der Waals surface area (Å²) in [6, 6.07) is 6.58. The van der Waals surface area contributed by atoms with Crippen LogP contribution in [0.2, 0.25) is 0 Å². The number of thioether (sulfide) groups is 1. The van der Waals surface area contributed by atoms with Crippen LogP contribution in [0.15, 0.2) is 70.4 Å². The van der Waals surface area contributed by atoms with Crippen LogP contribution in [0.1, 0.15) is 63.0 Å². The number of aromatic nitrogens is 3. The number of alkyl halides is 3. The average molecular weight is 709 g/mol. The third-order valence-corrected chi connectivity index (χ3v) is 12.4. The lowest BCUT2D eigenvalue weighted by Crippen LogP contribution is -2.61. The van der Waals surface area contributed by atoms with Crippen LogP contribution in [-0.4, -0.2) is 75.5 Å². The van der Waals surface area contributed by atoms with E-state index in [2.05, 4.69) is 15.0 Å². The molecule has 10 nitrogen and oxygen atoms in total. The molecule has 48 heavy (non-hydrogen) atoms. The molecule has 16 heteroatoms. The summed E-state index contributed by atoms with van der Waals surface area (Å²) >= 11 is 0.945. The molecule has 2 aliphatic rings.